The van der Waals surface area contributed by atoms with Gasteiger partial charge in [-0.15, -0.1) is 0 Å². The highest BCUT2D eigenvalue weighted by Crippen LogP contribution is 2.60. The number of halogens is 13. The van der Waals surface area contributed by atoms with Crippen LogP contribution in [0, 0.1) is 0 Å². The van der Waals surface area contributed by atoms with Gasteiger partial charge in [0.1, 0.15) is 0 Å². The smallest absolute Gasteiger partial charge is 0.356 e. The van der Waals surface area contributed by atoms with Crippen molar-refractivity contribution in [3.8, 4) is 0 Å². The summed E-state index contributed by atoms with van der Waals surface area (Å²) in [5.41, 5.74) is 0. The van der Waals surface area contributed by atoms with Gasteiger partial charge < -0.3 is 4.90 Å². The third-order valence-electron chi connectivity index (χ3n) is 3.27. The average molecular weight is 402 g/mol. The van der Waals surface area contributed by atoms with Gasteiger partial charge in [-0.2, -0.15) is 57.1 Å². The number of hydrogen-bond donors (Lipinski definition) is 0. The molecule has 0 aromatic carbocycles. The molecule has 0 saturated heterocycles. The summed E-state index contributed by atoms with van der Waals surface area (Å²) in [5, 5.41) is 0. The molecule has 0 aliphatic carbocycles. The molecule has 0 aromatic heterocycles. The summed E-state index contributed by atoms with van der Waals surface area (Å²) in [6.45, 7) is -1.17. The van der Waals surface area contributed by atoms with Crippen molar-refractivity contribution in [2.75, 3.05) is 20.1 Å². The number of hydrogen-bond acceptors (Lipinski definition) is 2. The lowest BCUT2D eigenvalue weighted by atomic mass is 9.93. The molecule has 0 fully saturated rings. The van der Waals surface area contributed by atoms with Crippen molar-refractivity contribution in [1.29, 1.82) is 0 Å². The number of amidine groups is 1. The molecule has 0 saturated carbocycles. The quantitative estimate of drug-likeness (QED) is 0.634. The molecule has 2 nitrogen and oxygen atoms in total. The molecular formula is C10H7F13N2. The fourth-order valence-corrected chi connectivity index (χ4v) is 1.78. The molecule has 1 heterocycles. The molecule has 148 valence electrons. The van der Waals surface area contributed by atoms with Gasteiger partial charge in [-0.1, -0.05) is 0 Å². The minimum absolute atomic E-state index is 0.143. The average Bonchev–Trinajstić information content (AvgIpc) is 2.83. The lowest BCUT2D eigenvalue weighted by molar-refractivity contribution is -0.435. The Morgan fingerprint density at radius 2 is 1.08 bits per heavy atom. The Bertz CT molecular complexity index is 548. The monoisotopic (exact) mass is 402 g/mol. The number of nitrogens with zero attached hydrogens (tertiary/aromatic N) is 2. The molecule has 25 heavy (non-hydrogen) atoms. The van der Waals surface area contributed by atoms with Gasteiger partial charge in [0.15, 0.2) is 5.84 Å². The van der Waals surface area contributed by atoms with Crippen LogP contribution in [0.5, 0.6) is 0 Å². The number of aliphatic imine (C=N–C) groups is 1. The van der Waals surface area contributed by atoms with Gasteiger partial charge in [0.2, 0.25) is 0 Å². The third kappa shape index (κ3) is 2.69. The van der Waals surface area contributed by atoms with Crippen LogP contribution in [0.1, 0.15) is 0 Å². The molecule has 1 rings (SSSR count). The van der Waals surface area contributed by atoms with Gasteiger partial charge in [0.05, 0.1) is 6.54 Å². The van der Waals surface area contributed by atoms with Crippen molar-refractivity contribution in [2.24, 2.45) is 4.99 Å². The van der Waals surface area contributed by atoms with Gasteiger partial charge in [0.25, 0.3) is 0 Å². The molecule has 0 atom stereocenters. The Morgan fingerprint density at radius 1 is 0.680 bits per heavy atom. The van der Waals surface area contributed by atoms with Crippen LogP contribution < -0.4 is 0 Å². The van der Waals surface area contributed by atoms with E-state index in [1.165, 1.54) is 0 Å². The highest BCUT2D eigenvalue weighted by molar-refractivity contribution is 5.91. The zero-order chi connectivity index (χ0) is 20.3. The zero-order valence-corrected chi connectivity index (χ0v) is 11.7. The highest BCUT2D eigenvalue weighted by Gasteiger charge is 2.91. The lowest BCUT2D eigenvalue weighted by Crippen LogP contribution is -2.71. The van der Waals surface area contributed by atoms with E-state index in [0.29, 0.717) is 7.05 Å². The first-order chi connectivity index (χ1) is 10.8. The van der Waals surface area contributed by atoms with E-state index in [9.17, 15) is 57.1 Å². The van der Waals surface area contributed by atoms with E-state index in [0.717, 1.165) is 0 Å². The van der Waals surface area contributed by atoms with Crippen LogP contribution in [0.15, 0.2) is 4.99 Å². The van der Waals surface area contributed by atoms with Crippen molar-refractivity contribution >= 4 is 5.84 Å². The van der Waals surface area contributed by atoms with Crippen molar-refractivity contribution in [3.05, 3.63) is 0 Å². The Balaban J connectivity index is 3.49. The summed E-state index contributed by atoms with van der Waals surface area (Å²) in [7, 11) is 0.621. The van der Waals surface area contributed by atoms with Crippen molar-refractivity contribution in [2.45, 2.75) is 35.8 Å². The van der Waals surface area contributed by atoms with Gasteiger partial charge in [-0.05, 0) is 0 Å². The van der Waals surface area contributed by atoms with E-state index in [1.807, 2.05) is 0 Å². The van der Waals surface area contributed by atoms with Crippen LogP contribution in [0.3, 0.4) is 0 Å². The van der Waals surface area contributed by atoms with Crippen molar-refractivity contribution < 1.29 is 57.1 Å². The fraction of sp³-hybridized carbons (Fsp3) is 0.900. The molecule has 0 N–H and O–H groups in total. The van der Waals surface area contributed by atoms with Gasteiger partial charge >= 0.3 is 35.8 Å². The largest absolute Gasteiger partial charge is 0.460 e. The number of alkyl halides is 13. The van der Waals surface area contributed by atoms with Gasteiger partial charge in [-0.25, -0.2) is 0 Å². The predicted molar refractivity (Wildman–Crippen MR) is 55.7 cm³/mol. The van der Waals surface area contributed by atoms with Crippen LogP contribution >= 0.6 is 0 Å². The van der Waals surface area contributed by atoms with Crippen molar-refractivity contribution in [3.63, 3.8) is 0 Å². The molecule has 0 unspecified atom stereocenters. The fourth-order valence-electron chi connectivity index (χ4n) is 1.78. The van der Waals surface area contributed by atoms with Gasteiger partial charge in [-0.3, -0.25) is 4.99 Å². The molecule has 1 aliphatic heterocycles. The lowest BCUT2D eigenvalue weighted by Gasteiger charge is -2.40. The first-order valence-electron chi connectivity index (χ1n) is 5.98. The second-order valence-corrected chi connectivity index (χ2v) is 5.00. The predicted octanol–water partition coefficient (Wildman–Crippen LogP) is 4.07. The maximum Gasteiger partial charge on any atom is 0.460 e. The molecule has 0 aromatic rings. The number of likely N-dealkylation sites (N-methyl/N-ethyl adjacent to an activating group) is 1. The molecule has 1 aliphatic rings. The molecule has 0 spiro atoms. The Morgan fingerprint density at radius 3 is 1.40 bits per heavy atom. The van der Waals surface area contributed by atoms with E-state index < -0.39 is 54.7 Å². The summed E-state index contributed by atoms with van der Waals surface area (Å²) in [6, 6.07) is 0. The Labute approximate surface area is 130 Å². The Kier molecular flexibility index (Phi) is 4.78. The van der Waals surface area contributed by atoms with E-state index in [4.69, 9.17) is 0 Å². The van der Waals surface area contributed by atoms with Crippen molar-refractivity contribution in [1.82, 2.24) is 4.90 Å². The van der Waals surface area contributed by atoms with Crippen LogP contribution in [0.2, 0.25) is 0 Å². The molecular weight excluding hydrogens is 395 g/mol. The van der Waals surface area contributed by atoms with Crippen LogP contribution in [0.4, 0.5) is 57.1 Å². The topological polar surface area (TPSA) is 15.6 Å². The summed E-state index contributed by atoms with van der Waals surface area (Å²) in [4.78, 5) is 2.83. The van der Waals surface area contributed by atoms with Crippen LogP contribution in [-0.2, 0) is 0 Å². The van der Waals surface area contributed by atoms with Gasteiger partial charge in [0, 0.05) is 13.6 Å². The molecule has 0 radical (unpaired) electrons. The second kappa shape index (κ2) is 5.53. The SMILES string of the molecule is CN1CCN=C1C(F)(F)C(F)(F)C(F)(F)C(F)(F)C(F)(F)C(F)(F)F. The third-order valence-corrected chi connectivity index (χ3v) is 3.27. The highest BCUT2D eigenvalue weighted by atomic mass is 19.4. The van der Waals surface area contributed by atoms with E-state index in [-0.39, 0.29) is 4.90 Å². The van der Waals surface area contributed by atoms with Crippen LogP contribution in [0.25, 0.3) is 0 Å². The van der Waals surface area contributed by atoms with E-state index in [1.54, 1.807) is 0 Å². The first kappa shape index (κ1) is 21.6. The maximum atomic E-state index is 13.6. The summed E-state index contributed by atoms with van der Waals surface area (Å²) in [6.07, 6.45) is -7.41. The normalized spacial score (nSPS) is 18.6. The summed E-state index contributed by atoms with van der Waals surface area (Å²) < 4.78 is 167. The Hall–Kier alpha value is -1.44. The molecule has 0 bridgehead atoms. The first-order valence-corrected chi connectivity index (χ1v) is 5.98. The van der Waals surface area contributed by atoms with E-state index >= 15 is 0 Å². The number of rotatable bonds is 5. The summed E-state index contributed by atoms with van der Waals surface area (Å²) in [5.74, 6) is -39.1. The second-order valence-electron chi connectivity index (χ2n) is 5.00. The molecule has 15 heteroatoms. The standard InChI is InChI=1S/C10H7F13N2/c1-25-3-2-24-4(25)5(11,12)6(13,14)7(15,16)8(17,18)9(19,20)10(21,22)23/h2-3H2,1H3. The van der Waals surface area contributed by atoms with Crippen LogP contribution in [-0.4, -0.2) is 66.7 Å². The molecule has 0 amide bonds. The minimum Gasteiger partial charge on any atom is -0.356 e. The zero-order valence-electron chi connectivity index (χ0n) is 11.7. The summed E-state index contributed by atoms with van der Waals surface area (Å²) >= 11 is 0. The minimum atomic E-state index is -7.89. The van der Waals surface area contributed by atoms with E-state index in [2.05, 4.69) is 4.99 Å². The maximum absolute atomic E-state index is 13.6.